The van der Waals surface area contributed by atoms with Gasteiger partial charge in [0.25, 0.3) is 0 Å². The molecule has 0 fully saturated rings. The second kappa shape index (κ2) is 4.58. The van der Waals surface area contributed by atoms with E-state index in [1.807, 2.05) is 24.3 Å². The van der Waals surface area contributed by atoms with Crippen LogP contribution < -0.4 is 0 Å². The lowest BCUT2D eigenvalue weighted by Gasteiger charge is -2.10. The molecule has 3 aromatic rings. The molecule has 2 aromatic carbocycles. The standard InChI is InChI=1S/C14H13N3O/c18-13(14-15-9-16-17-14)8-11-6-3-5-10-4-1-2-7-12(10)11/h1-7,9,13,18H,8H2,(H,15,16,17). The van der Waals surface area contributed by atoms with Gasteiger partial charge in [-0.25, -0.2) is 4.98 Å². The molecule has 1 aromatic heterocycles. The molecule has 0 amide bonds. The predicted molar refractivity (Wildman–Crippen MR) is 69.0 cm³/mol. The molecule has 18 heavy (non-hydrogen) atoms. The highest BCUT2D eigenvalue weighted by atomic mass is 16.3. The third-order valence-corrected chi connectivity index (χ3v) is 3.04. The van der Waals surface area contributed by atoms with Crippen molar-refractivity contribution in [2.45, 2.75) is 12.5 Å². The number of nitrogens with zero attached hydrogens (tertiary/aromatic N) is 2. The van der Waals surface area contributed by atoms with Crippen molar-refractivity contribution in [2.75, 3.05) is 0 Å². The Morgan fingerprint density at radius 3 is 2.78 bits per heavy atom. The molecule has 0 radical (unpaired) electrons. The van der Waals surface area contributed by atoms with E-state index in [9.17, 15) is 5.11 Å². The number of aliphatic hydroxyl groups is 1. The Kier molecular flexibility index (Phi) is 2.78. The Labute approximate surface area is 104 Å². The summed E-state index contributed by atoms with van der Waals surface area (Å²) in [6.45, 7) is 0. The number of aliphatic hydroxyl groups excluding tert-OH is 1. The lowest BCUT2D eigenvalue weighted by Crippen LogP contribution is -2.04. The summed E-state index contributed by atoms with van der Waals surface area (Å²) in [4.78, 5) is 3.98. The van der Waals surface area contributed by atoms with Crippen LogP contribution in [0, 0.1) is 0 Å². The zero-order valence-corrected chi connectivity index (χ0v) is 9.74. The smallest absolute Gasteiger partial charge is 0.153 e. The highest BCUT2D eigenvalue weighted by molar-refractivity contribution is 5.85. The number of benzene rings is 2. The minimum absolute atomic E-state index is 0.503. The molecule has 90 valence electrons. The van der Waals surface area contributed by atoms with Gasteiger partial charge in [-0.05, 0) is 16.3 Å². The molecule has 1 atom stereocenters. The Morgan fingerprint density at radius 2 is 1.94 bits per heavy atom. The number of rotatable bonds is 3. The third kappa shape index (κ3) is 1.98. The molecule has 1 heterocycles. The molecule has 0 aliphatic heterocycles. The lowest BCUT2D eigenvalue weighted by atomic mass is 10.00. The number of H-pyrrole nitrogens is 1. The molecule has 0 saturated heterocycles. The van der Waals surface area contributed by atoms with Crippen molar-refractivity contribution in [2.24, 2.45) is 0 Å². The first kappa shape index (κ1) is 10.9. The van der Waals surface area contributed by atoms with Gasteiger partial charge in [-0.15, -0.1) is 0 Å². The topological polar surface area (TPSA) is 61.8 Å². The van der Waals surface area contributed by atoms with Gasteiger partial charge in [0, 0.05) is 6.42 Å². The summed E-state index contributed by atoms with van der Waals surface area (Å²) >= 11 is 0. The van der Waals surface area contributed by atoms with E-state index in [0.29, 0.717) is 12.2 Å². The van der Waals surface area contributed by atoms with Crippen molar-refractivity contribution >= 4 is 10.8 Å². The van der Waals surface area contributed by atoms with Crippen molar-refractivity contribution in [3.05, 3.63) is 60.2 Å². The normalized spacial score (nSPS) is 12.7. The summed E-state index contributed by atoms with van der Waals surface area (Å²) in [6, 6.07) is 14.3. The molecule has 0 saturated carbocycles. The van der Waals surface area contributed by atoms with Crippen LogP contribution >= 0.6 is 0 Å². The van der Waals surface area contributed by atoms with E-state index in [2.05, 4.69) is 33.4 Å². The molecule has 3 rings (SSSR count). The SMILES string of the molecule is OC(Cc1cccc2ccccc12)c1ncn[nH]1. The van der Waals surface area contributed by atoms with Crippen LogP contribution in [-0.4, -0.2) is 20.3 Å². The minimum Gasteiger partial charge on any atom is -0.385 e. The molecule has 0 aliphatic carbocycles. The first-order valence-corrected chi connectivity index (χ1v) is 5.84. The fourth-order valence-corrected chi connectivity index (χ4v) is 2.15. The summed E-state index contributed by atoms with van der Waals surface area (Å²) < 4.78 is 0. The van der Waals surface area contributed by atoms with E-state index < -0.39 is 6.10 Å². The zero-order valence-electron chi connectivity index (χ0n) is 9.74. The van der Waals surface area contributed by atoms with Gasteiger partial charge in [-0.2, -0.15) is 5.10 Å². The molecule has 0 spiro atoms. The minimum atomic E-state index is -0.654. The molecular formula is C14H13N3O. The summed E-state index contributed by atoms with van der Waals surface area (Å²) in [5.41, 5.74) is 1.11. The van der Waals surface area contributed by atoms with Crippen LogP contribution in [-0.2, 0) is 6.42 Å². The molecule has 0 aliphatic rings. The lowest BCUT2D eigenvalue weighted by molar-refractivity contribution is 0.169. The van der Waals surface area contributed by atoms with Crippen LogP contribution in [0.15, 0.2) is 48.8 Å². The Hall–Kier alpha value is -2.20. The predicted octanol–water partition coefficient (Wildman–Crippen LogP) is 2.23. The van der Waals surface area contributed by atoms with Gasteiger partial charge >= 0.3 is 0 Å². The first-order valence-electron chi connectivity index (χ1n) is 5.84. The van der Waals surface area contributed by atoms with E-state index in [4.69, 9.17) is 0 Å². The number of hydrogen-bond donors (Lipinski definition) is 2. The highest BCUT2D eigenvalue weighted by Gasteiger charge is 2.12. The summed E-state index contributed by atoms with van der Waals surface area (Å²) in [7, 11) is 0. The third-order valence-electron chi connectivity index (χ3n) is 3.04. The van der Waals surface area contributed by atoms with Gasteiger partial charge in [0.15, 0.2) is 5.82 Å². The van der Waals surface area contributed by atoms with Crippen LogP contribution in [0.1, 0.15) is 17.5 Å². The fraction of sp³-hybridized carbons (Fsp3) is 0.143. The van der Waals surface area contributed by atoms with E-state index in [-0.39, 0.29) is 0 Å². The number of nitrogens with one attached hydrogen (secondary N) is 1. The van der Waals surface area contributed by atoms with E-state index in [1.165, 1.54) is 17.1 Å². The zero-order chi connectivity index (χ0) is 12.4. The van der Waals surface area contributed by atoms with Crippen molar-refractivity contribution in [1.29, 1.82) is 0 Å². The molecule has 0 bridgehead atoms. The Bertz CT molecular complexity index is 644. The van der Waals surface area contributed by atoms with Gasteiger partial charge in [0.05, 0.1) is 0 Å². The maximum absolute atomic E-state index is 10.1. The molecule has 4 heteroatoms. The van der Waals surface area contributed by atoms with Crippen LogP contribution in [0.3, 0.4) is 0 Å². The van der Waals surface area contributed by atoms with E-state index in [1.54, 1.807) is 0 Å². The van der Waals surface area contributed by atoms with Crippen LogP contribution in [0.25, 0.3) is 10.8 Å². The average molecular weight is 239 g/mol. The second-order valence-electron chi connectivity index (χ2n) is 4.23. The summed E-state index contributed by atoms with van der Waals surface area (Å²) in [6.07, 6.45) is 1.27. The average Bonchev–Trinajstić information content (AvgIpc) is 2.93. The van der Waals surface area contributed by atoms with Crippen molar-refractivity contribution < 1.29 is 5.11 Å². The highest BCUT2D eigenvalue weighted by Crippen LogP contribution is 2.22. The van der Waals surface area contributed by atoms with Gasteiger partial charge in [0.1, 0.15) is 12.4 Å². The van der Waals surface area contributed by atoms with E-state index in [0.717, 1.165) is 5.56 Å². The quantitative estimate of drug-likeness (QED) is 0.736. The maximum Gasteiger partial charge on any atom is 0.153 e. The van der Waals surface area contributed by atoms with Crippen LogP contribution in [0.4, 0.5) is 0 Å². The largest absolute Gasteiger partial charge is 0.385 e. The van der Waals surface area contributed by atoms with E-state index >= 15 is 0 Å². The van der Waals surface area contributed by atoms with Crippen LogP contribution in [0.2, 0.25) is 0 Å². The number of hydrogen-bond acceptors (Lipinski definition) is 3. The molecule has 2 N–H and O–H groups in total. The summed E-state index contributed by atoms with van der Waals surface area (Å²) in [5, 5.41) is 18.9. The van der Waals surface area contributed by atoms with Gasteiger partial charge < -0.3 is 5.11 Å². The molecule has 1 unspecified atom stereocenters. The molecule has 4 nitrogen and oxygen atoms in total. The maximum atomic E-state index is 10.1. The Morgan fingerprint density at radius 1 is 1.11 bits per heavy atom. The monoisotopic (exact) mass is 239 g/mol. The number of fused-ring (bicyclic) bond motifs is 1. The van der Waals surface area contributed by atoms with Crippen molar-refractivity contribution in [3.8, 4) is 0 Å². The van der Waals surface area contributed by atoms with Crippen molar-refractivity contribution in [3.63, 3.8) is 0 Å². The number of aromatic nitrogens is 3. The van der Waals surface area contributed by atoms with Gasteiger partial charge in [-0.1, -0.05) is 42.5 Å². The summed E-state index contributed by atoms with van der Waals surface area (Å²) in [5.74, 6) is 0.503. The van der Waals surface area contributed by atoms with Gasteiger partial charge in [0.2, 0.25) is 0 Å². The second-order valence-corrected chi connectivity index (χ2v) is 4.23. The molecular weight excluding hydrogens is 226 g/mol. The fourth-order valence-electron chi connectivity index (χ4n) is 2.15. The Balaban J connectivity index is 1.95. The van der Waals surface area contributed by atoms with Crippen LogP contribution in [0.5, 0.6) is 0 Å². The number of aromatic amines is 1. The van der Waals surface area contributed by atoms with Gasteiger partial charge in [-0.3, -0.25) is 5.10 Å². The van der Waals surface area contributed by atoms with Crippen molar-refractivity contribution in [1.82, 2.24) is 15.2 Å². The first-order chi connectivity index (χ1) is 8.84.